The molecule has 9 nitrogen and oxygen atoms in total. The van der Waals surface area contributed by atoms with Crippen LogP contribution in [0.5, 0.6) is 0 Å². The third-order valence-electron chi connectivity index (χ3n) is 5.95. The molecule has 38 heavy (non-hydrogen) atoms. The Morgan fingerprint density at radius 1 is 1.11 bits per heavy atom. The zero-order chi connectivity index (χ0) is 27.9. The van der Waals surface area contributed by atoms with Crippen molar-refractivity contribution in [1.82, 2.24) is 10.2 Å². The Balaban J connectivity index is 0.000000356. The van der Waals surface area contributed by atoms with Crippen molar-refractivity contribution in [2.75, 3.05) is 45.2 Å². The van der Waals surface area contributed by atoms with Crippen LogP contribution in [0.1, 0.15) is 56.1 Å². The highest BCUT2D eigenvalue weighted by Gasteiger charge is 2.25. The number of rotatable bonds is 8. The molecule has 0 atom stereocenters. The molecule has 2 aromatic rings. The van der Waals surface area contributed by atoms with E-state index < -0.39 is 11.9 Å². The zero-order valence-electron chi connectivity index (χ0n) is 22.1. The minimum atomic E-state index is -1.08. The van der Waals surface area contributed by atoms with Crippen LogP contribution in [0.15, 0.2) is 42.5 Å². The summed E-state index contributed by atoms with van der Waals surface area (Å²) < 4.78 is 18.1. The molecule has 1 saturated carbocycles. The van der Waals surface area contributed by atoms with Crippen LogP contribution in [-0.4, -0.2) is 72.8 Å². The van der Waals surface area contributed by atoms with Crippen LogP contribution in [0.3, 0.4) is 0 Å². The number of nitrogens with zero attached hydrogens (tertiary/aromatic N) is 1. The van der Waals surface area contributed by atoms with Gasteiger partial charge in [-0.05, 0) is 74.5 Å². The predicted octanol–water partition coefficient (Wildman–Crippen LogP) is 4.66. The maximum absolute atomic E-state index is 13.5. The van der Waals surface area contributed by atoms with Gasteiger partial charge in [-0.2, -0.15) is 0 Å². The molecule has 5 N–H and O–H groups in total. The summed E-state index contributed by atoms with van der Waals surface area (Å²) in [5.74, 6) is -1.23. The van der Waals surface area contributed by atoms with Gasteiger partial charge in [0.25, 0.3) is 0 Å². The van der Waals surface area contributed by atoms with E-state index in [0.717, 1.165) is 50.5 Å². The fourth-order valence-electron chi connectivity index (χ4n) is 3.71. The molecule has 208 valence electrons. The Bertz CT molecular complexity index is 1040. The van der Waals surface area contributed by atoms with Crippen molar-refractivity contribution in [3.05, 3.63) is 59.4 Å². The summed E-state index contributed by atoms with van der Waals surface area (Å²) in [6, 6.07) is 12.8. The second kappa shape index (κ2) is 16.4. The zero-order valence-corrected chi connectivity index (χ0v) is 22.1. The van der Waals surface area contributed by atoms with Gasteiger partial charge in [0.1, 0.15) is 11.7 Å². The first kappa shape index (κ1) is 30.7. The predicted molar refractivity (Wildman–Crippen MR) is 146 cm³/mol. The minimum absolute atomic E-state index is 0.264. The summed E-state index contributed by atoms with van der Waals surface area (Å²) in [5.41, 5.74) is 3.78. The number of carboxylic acid groups (broad SMARTS) is 2. The maximum Gasteiger partial charge on any atom is 0.303 e. The summed E-state index contributed by atoms with van der Waals surface area (Å²) in [6.45, 7) is 6.41. The molecule has 1 heterocycles. The van der Waals surface area contributed by atoms with Crippen molar-refractivity contribution in [3.63, 3.8) is 0 Å². The summed E-state index contributed by atoms with van der Waals surface area (Å²) in [4.78, 5) is 21.4. The molecule has 0 unspecified atom stereocenters. The first-order valence-electron chi connectivity index (χ1n) is 12.9. The highest BCUT2D eigenvalue weighted by Crippen LogP contribution is 2.41. The molecule has 0 spiro atoms. The van der Waals surface area contributed by atoms with E-state index in [1.165, 1.54) is 30.5 Å². The van der Waals surface area contributed by atoms with Crippen LogP contribution in [-0.2, 0) is 14.3 Å². The normalized spacial score (nSPS) is 14.7. The maximum atomic E-state index is 13.5. The average molecular weight is 531 g/mol. The van der Waals surface area contributed by atoms with Gasteiger partial charge in [-0.15, -0.1) is 0 Å². The molecule has 0 radical (unpaired) electrons. The van der Waals surface area contributed by atoms with Gasteiger partial charge < -0.3 is 30.5 Å². The molecule has 0 aromatic heterocycles. The smallest absolute Gasteiger partial charge is 0.303 e. The molecule has 1 saturated heterocycles. The molecule has 2 fully saturated rings. The van der Waals surface area contributed by atoms with Crippen molar-refractivity contribution < 1.29 is 28.9 Å². The number of halogens is 1. The number of carboxylic acids is 2. The second-order valence-corrected chi connectivity index (χ2v) is 9.02. The second-order valence-electron chi connectivity index (χ2n) is 9.02. The van der Waals surface area contributed by atoms with Gasteiger partial charge in [-0.1, -0.05) is 12.1 Å². The molecular weight excluding hydrogens is 491 g/mol. The van der Waals surface area contributed by atoms with Crippen LogP contribution in [0, 0.1) is 11.2 Å². The number of benzene rings is 2. The number of hydrogen-bond acceptors (Lipinski definition) is 6. The number of anilines is 2. The van der Waals surface area contributed by atoms with Gasteiger partial charge >= 0.3 is 11.9 Å². The molecule has 0 bridgehead atoms. The van der Waals surface area contributed by atoms with Crippen LogP contribution < -0.4 is 10.6 Å². The highest BCUT2D eigenvalue weighted by molar-refractivity contribution is 6.02. The number of carbonyl (C=O) groups is 2. The lowest BCUT2D eigenvalue weighted by Crippen LogP contribution is -2.34. The lowest BCUT2D eigenvalue weighted by molar-refractivity contribution is -0.143. The van der Waals surface area contributed by atoms with Gasteiger partial charge in [0.15, 0.2) is 0 Å². The minimum Gasteiger partial charge on any atom is -0.481 e. The first-order valence-corrected chi connectivity index (χ1v) is 12.9. The van der Waals surface area contributed by atoms with Crippen molar-refractivity contribution in [1.29, 1.82) is 5.41 Å². The number of ether oxygens (including phenoxy) is 1. The number of aliphatic carboxylic acids is 2. The number of hydrogen-bond donors (Lipinski definition) is 5. The molecule has 1 aliphatic heterocycles. The van der Waals surface area contributed by atoms with Gasteiger partial charge in [-0.3, -0.25) is 15.0 Å². The lowest BCUT2D eigenvalue weighted by Gasteiger charge is -2.25. The van der Waals surface area contributed by atoms with E-state index in [0.29, 0.717) is 17.4 Å². The molecule has 10 heteroatoms. The standard InChI is InChI=1S/C21H25FN4.C4H6O4.C3H8O/c22-17-3-1-4-18(14-17)25-20-8-7-16(15-5-6-15)13-19(20)21(23)26-11-2-9-24-10-12-26;5-3(6)1-2-4(7)8;1-3-4-2/h1,3-4,7-8,13-15,23-25H,2,5-6,9-12H2;1-2H2,(H,5,6)(H,7,8);3H2,1-2H3. The highest BCUT2D eigenvalue weighted by atomic mass is 19.1. The van der Waals surface area contributed by atoms with E-state index in [-0.39, 0.29) is 18.7 Å². The monoisotopic (exact) mass is 530 g/mol. The van der Waals surface area contributed by atoms with E-state index in [2.05, 4.69) is 32.4 Å². The van der Waals surface area contributed by atoms with Gasteiger partial charge in [-0.25, -0.2) is 4.39 Å². The number of amidine groups is 1. The van der Waals surface area contributed by atoms with Crippen LogP contribution in [0.2, 0.25) is 0 Å². The van der Waals surface area contributed by atoms with E-state index in [1.54, 1.807) is 13.2 Å². The summed E-state index contributed by atoms with van der Waals surface area (Å²) in [5, 5.41) is 31.3. The van der Waals surface area contributed by atoms with E-state index >= 15 is 0 Å². The SMILES string of the molecule is CCOC.N=C(c1cc(C2CC2)ccc1Nc1cccc(F)c1)N1CCCNCC1.O=C(O)CCC(=O)O. The Morgan fingerprint density at radius 2 is 1.79 bits per heavy atom. The molecule has 1 aliphatic carbocycles. The van der Waals surface area contributed by atoms with Crippen LogP contribution in [0.4, 0.5) is 15.8 Å². The molecule has 0 amide bonds. The Hall–Kier alpha value is -3.50. The Kier molecular flexibility index (Phi) is 13.2. The topological polar surface area (TPSA) is 135 Å². The fourth-order valence-corrected chi connectivity index (χ4v) is 3.71. The Morgan fingerprint density at radius 3 is 2.37 bits per heavy atom. The van der Waals surface area contributed by atoms with Gasteiger partial charge in [0, 0.05) is 50.3 Å². The van der Waals surface area contributed by atoms with Crippen molar-refractivity contribution in [2.45, 2.75) is 44.9 Å². The van der Waals surface area contributed by atoms with Crippen LogP contribution >= 0.6 is 0 Å². The van der Waals surface area contributed by atoms with Gasteiger partial charge in [0.05, 0.1) is 12.8 Å². The number of methoxy groups -OCH3 is 1. The van der Waals surface area contributed by atoms with E-state index in [9.17, 15) is 14.0 Å². The molecule has 2 aliphatic rings. The van der Waals surface area contributed by atoms with Crippen molar-refractivity contribution in [3.8, 4) is 0 Å². The lowest BCUT2D eigenvalue weighted by atomic mass is 10.0. The summed E-state index contributed by atoms with van der Waals surface area (Å²) >= 11 is 0. The quantitative estimate of drug-likeness (QED) is 0.246. The van der Waals surface area contributed by atoms with E-state index in [4.69, 9.17) is 15.6 Å². The average Bonchev–Trinajstić information content (AvgIpc) is 3.76. The largest absolute Gasteiger partial charge is 0.481 e. The molecule has 4 rings (SSSR count). The van der Waals surface area contributed by atoms with Crippen molar-refractivity contribution in [2.24, 2.45) is 0 Å². The van der Waals surface area contributed by atoms with Crippen molar-refractivity contribution >= 4 is 29.1 Å². The fraction of sp³-hybridized carbons (Fsp3) is 0.464. The van der Waals surface area contributed by atoms with Gasteiger partial charge in [0.2, 0.25) is 0 Å². The summed E-state index contributed by atoms with van der Waals surface area (Å²) in [6.07, 6.45) is 2.91. The number of nitrogens with one attached hydrogen (secondary N) is 3. The summed E-state index contributed by atoms with van der Waals surface area (Å²) in [7, 11) is 1.68. The molecule has 2 aromatic carbocycles. The van der Waals surface area contributed by atoms with Crippen LogP contribution in [0.25, 0.3) is 0 Å². The third-order valence-corrected chi connectivity index (χ3v) is 5.95. The third kappa shape index (κ3) is 11.3. The molecular formula is C28H39FN4O5. The first-order chi connectivity index (χ1) is 18.2. The Labute approximate surface area is 223 Å². The van der Waals surface area contributed by atoms with E-state index in [1.807, 2.05) is 19.1 Å².